The number of fused-ring (bicyclic) bond motifs is 1. The Kier molecular flexibility index (Phi) is 4.00. The number of nitrogens with zero attached hydrogens (tertiary/aromatic N) is 4. The molecule has 6 nitrogen and oxygen atoms in total. The summed E-state index contributed by atoms with van der Waals surface area (Å²) in [6.07, 6.45) is 0. The molecule has 0 spiro atoms. The van der Waals surface area contributed by atoms with Gasteiger partial charge in [-0.1, -0.05) is 24.3 Å². The van der Waals surface area contributed by atoms with Crippen molar-refractivity contribution < 1.29 is 4.74 Å². The molecule has 0 saturated carbocycles. The van der Waals surface area contributed by atoms with Gasteiger partial charge in [0.25, 0.3) is 0 Å². The molecule has 0 bridgehead atoms. The highest BCUT2D eigenvalue weighted by Gasteiger charge is 2.46. The van der Waals surface area contributed by atoms with E-state index >= 15 is 0 Å². The van der Waals surface area contributed by atoms with Gasteiger partial charge in [-0.25, -0.2) is 0 Å². The van der Waals surface area contributed by atoms with Crippen LogP contribution in [0.2, 0.25) is 0 Å². The van der Waals surface area contributed by atoms with Gasteiger partial charge in [-0.2, -0.15) is 9.97 Å². The summed E-state index contributed by atoms with van der Waals surface area (Å²) in [6.45, 7) is 5.29. The molecule has 0 unspecified atom stereocenters. The molecule has 3 atom stereocenters. The van der Waals surface area contributed by atoms with Crippen LogP contribution < -0.4 is 15.4 Å². The average Bonchev–Trinajstić information content (AvgIpc) is 3.12. The Hall–Kier alpha value is -2.34. The number of anilines is 2. The first-order valence-electron chi connectivity index (χ1n) is 8.76. The SMILES string of the molecule is COc1cc(N2C[C@@H]3CN(C)[C@@H](c4ccccc4C)[C@@H]3C2)nc(N)n1. The first-order chi connectivity index (χ1) is 12.1. The number of likely N-dealkylation sites (tertiary alicyclic amines) is 1. The van der Waals surface area contributed by atoms with Gasteiger partial charge in [0.2, 0.25) is 11.8 Å². The van der Waals surface area contributed by atoms with Gasteiger partial charge in [0.15, 0.2) is 0 Å². The molecule has 6 heteroatoms. The van der Waals surface area contributed by atoms with Gasteiger partial charge in [-0.05, 0) is 31.0 Å². The number of nitrogen functional groups attached to an aromatic ring is 1. The molecule has 2 aliphatic rings. The maximum Gasteiger partial charge on any atom is 0.225 e. The zero-order valence-electron chi connectivity index (χ0n) is 15.0. The Bertz CT molecular complexity index is 780. The summed E-state index contributed by atoms with van der Waals surface area (Å²) in [5, 5.41) is 0. The Morgan fingerprint density at radius 3 is 2.72 bits per heavy atom. The van der Waals surface area contributed by atoms with Crippen molar-refractivity contribution >= 4 is 11.8 Å². The smallest absolute Gasteiger partial charge is 0.225 e. The minimum Gasteiger partial charge on any atom is -0.481 e. The summed E-state index contributed by atoms with van der Waals surface area (Å²) in [6, 6.07) is 11.1. The fourth-order valence-corrected chi connectivity index (χ4v) is 4.53. The lowest BCUT2D eigenvalue weighted by atomic mass is 9.88. The van der Waals surface area contributed by atoms with E-state index in [1.165, 1.54) is 11.1 Å². The van der Waals surface area contributed by atoms with Gasteiger partial charge in [0, 0.05) is 37.7 Å². The second-order valence-electron chi connectivity index (χ2n) is 7.20. The second-order valence-corrected chi connectivity index (χ2v) is 7.20. The number of hydrogen-bond donors (Lipinski definition) is 1. The van der Waals surface area contributed by atoms with Crippen LogP contribution in [0.5, 0.6) is 5.88 Å². The van der Waals surface area contributed by atoms with Crippen LogP contribution in [0, 0.1) is 18.8 Å². The normalized spacial score (nSPS) is 26.0. The van der Waals surface area contributed by atoms with Crippen LogP contribution >= 0.6 is 0 Å². The number of hydrogen-bond acceptors (Lipinski definition) is 6. The monoisotopic (exact) mass is 339 g/mol. The van der Waals surface area contributed by atoms with Gasteiger partial charge in [0.05, 0.1) is 7.11 Å². The van der Waals surface area contributed by atoms with Crippen LogP contribution in [0.1, 0.15) is 17.2 Å². The summed E-state index contributed by atoms with van der Waals surface area (Å²) in [4.78, 5) is 13.3. The fraction of sp³-hybridized carbons (Fsp3) is 0.474. The highest BCUT2D eigenvalue weighted by atomic mass is 16.5. The quantitative estimate of drug-likeness (QED) is 0.924. The van der Waals surface area contributed by atoms with Crippen molar-refractivity contribution in [3.8, 4) is 5.88 Å². The highest BCUT2D eigenvalue weighted by molar-refractivity contribution is 5.47. The molecule has 0 radical (unpaired) electrons. The molecule has 3 heterocycles. The zero-order chi connectivity index (χ0) is 17.6. The average molecular weight is 339 g/mol. The van der Waals surface area contributed by atoms with Gasteiger partial charge in [-0.15, -0.1) is 0 Å². The first kappa shape index (κ1) is 16.1. The van der Waals surface area contributed by atoms with Crippen molar-refractivity contribution in [2.45, 2.75) is 13.0 Å². The number of aryl methyl sites for hydroxylation is 1. The van der Waals surface area contributed by atoms with E-state index in [2.05, 4.69) is 58.0 Å². The van der Waals surface area contributed by atoms with E-state index in [4.69, 9.17) is 10.5 Å². The molecule has 1 aromatic heterocycles. The van der Waals surface area contributed by atoms with Gasteiger partial charge >= 0.3 is 0 Å². The van der Waals surface area contributed by atoms with Crippen molar-refractivity contribution in [2.24, 2.45) is 11.8 Å². The number of aromatic nitrogens is 2. The van der Waals surface area contributed by atoms with Crippen molar-refractivity contribution in [3.05, 3.63) is 41.5 Å². The number of nitrogens with two attached hydrogens (primary N) is 1. The lowest BCUT2D eigenvalue weighted by Crippen LogP contribution is -2.30. The van der Waals surface area contributed by atoms with Crippen molar-refractivity contribution in [2.75, 3.05) is 44.4 Å². The maximum absolute atomic E-state index is 5.84. The van der Waals surface area contributed by atoms with Crippen LogP contribution in [-0.2, 0) is 0 Å². The van der Waals surface area contributed by atoms with Gasteiger partial charge < -0.3 is 15.4 Å². The van der Waals surface area contributed by atoms with E-state index in [-0.39, 0.29) is 5.95 Å². The topological polar surface area (TPSA) is 67.5 Å². The number of methoxy groups -OCH3 is 1. The van der Waals surface area contributed by atoms with E-state index in [1.54, 1.807) is 7.11 Å². The zero-order valence-corrected chi connectivity index (χ0v) is 15.0. The Labute approximate surface area is 148 Å². The molecule has 132 valence electrons. The van der Waals surface area contributed by atoms with Gasteiger partial charge in [-0.3, -0.25) is 4.90 Å². The summed E-state index contributed by atoms with van der Waals surface area (Å²) in [5.74, 6) is 2.88. The Morgan fingerprint density at radius 2 is 1.96 bits per heavy atom. The molecule has 0 amide bonds. The summed E-state index contributed by atoms with van der Waals surface area (Å²) >= 11 is 0. The molecule has 25 heavy (non-hydrogen) atoms. The molecular weight excluding hydrogens is 314 g/mol. The van der Waals surface area contributed by atoms with Crippen LogP contribution in [0.4, 0.5) is 11.8 Å². The second kappa shape index (κ2) is 6.19. The summed E-state index contributed by atoms with van der Waals surface area (Å²) in [5.41, 5.74) is 8.65. The molecule has 0 aliphatic carbocycles. The number of rotatable bonds is 3. The van der Waals surface area contributed by atoms with E-state index < -0.39 is 0 Å². The molecule has 2 fully saturated rings. The van der Waals surface area contributed by atoms with E-state index in [9.17, 15) is 0 Å². The molecular formula is C19H25N5O. The lowest BCUT2D eigenvalue weighted by Gasteiger charge is -2.28. The maximum atomic E-state index is 5.84. The third kappa shape index (κ3) is 2.80. The standard InChI is InChI=1S/C19H25N5O/c1-12-6-4-5-7-14(12)18-15-11-24(10-13(15)9-23(18)2)16-8-17(25-3)22-19(20)21-16/h4-8,13,15,18H,9-11H2,1-3H3,(H2,20,21,22)/t13-,15+,18-/m0/s1. The first-order valence-corrected chi connectivity index (χ1v) is 8.76. The third-order valence-corrected chi connectivity index (χ3v) is 5.64. The number of ether oxygens (including phenoxy) is 1. The minimum atomic E-state index is 0.263. The molecule has 2 aliphatic heterocycles. The summed E-state index contributed by atoms with van der Waals surface area (Å²) in [7, 11) is 3.85. The van der Waals surface area contributed by atoms with Crippen LogP contribution in [0.15, 0.2) is 30.3 Å². The molecule has 1 aromatic carbocycles. The summed E-state index contributed by atoms with van der Waals surface area (Å²) < 4.78 is 5.25. The van der Waals surface area contributed by atoms with Crippen molar-refractivity contribution in [3.63, 3.8) is 0 Å². The predicted octanol–water partition coefficient (Wildman–Crippen LogP) is 2.11. The predicted molar refractivity (Wildman–Crippen MR) is 98.7 cm³/mol. The molecule has 4 rings (SSSR count). The number of benzene rings is 1. The van der Waals surface area contributed by atoms with E-state index in [0.29, 0.717) is 23.8 Å². The Balaban J connectivity index is 1.61. The van der Waals surface area contributed by atoms with Gasteiger partial charge in [0.1, 0.15) is 5.82 Å². The van der Waals surface area contributed by atoms with Crippen LogP contribution in [0.25, 0.3) is 0 Å². The minimum absolute atomic E-state index is 0.263. The largest absolute Gasteiger partial charge is 0.481 e. The van der Waals surface area contributed by atoms with Crippen molar-refractivity contribution in [1.29, 1.82) is 0 Å². The molecule has 2 saturated heterocycles. The molecule has 2 aromatic rings. The highest BCUT2D eigenvalue weighted by Crippen LogP contribution is 2.45. The fourth-order valence-electron chi connectivity index (χ4n) is 4.53. The van der Waals surface area contributed by atoms with Crippen molar-refractivity contribution in [1.82, 2.24) is 14.9 Å². The Morgan fingerprint density at radius 1 is 1.16 bits per heavy atom. The van der Waals surface area contributed by atoms with E-state index in [1.807, 2.05) is 6.07 Å². The molecule has 2 N–H and O–H groups in total. The third-order valence-electron chi connectivity index (χ3n) is 5.64. The lowest BCUT2D eigenvalue weighted by molar-refractivity contribution is 0.279. The van der Waals surface area contributed by atoms with E-state index in [0.717, 1.165) is 25.5 Å². The van der Waals surface area contributed by atoms with Crippen LogP contribution in [0.3, 0.4) is 0 Å². The van der Waals surface area contributed by atoms with Crippen LogP contribution in [-0.4, -0.2) is 48.7 Å².